The fraction of sp³-hybridized carbons (Fsp3) is 0.333. The highest BCUT2D eigenvalue weighted by Crippen LogP contribution is 2.14. The molecule has 0 heterocycles. The van der Waals surface area contributed by atoms with Gasteiger partial charge in [-0.15, -0.1) is 0 Å². The fourth-order valence-corrected chi connectivity index (χ4v) is 2.66. The van der Waals surface area contributed by atoms with Crippen LogP contribution in [0.15, 0.2) is 29.2 Å². The number of rotatable bonds is 5. The lowest BCUT2D eigenvalue weighted by molar-refractivity contribution is -0.128. The van der Waals surface area contributed by atoms with Gasteiger partial charge >= 0.3 is 5.97 Å². The molecule has 0 saturated heterocycles. The lowest BCUT2D eigenvalue weighted by atomic mass is 10.2. The van der Waals surface area contributed by atoms with E-state index in [1.54, 1.807) is 14.1 Å². The summed E-state index contributed by atoms with van der Waals surface area (Å²) >= 11 is 0. The maximum atomic E-state index is 12.0. The number of nitrogens with zero attached hydrogens (tertiary/aromatic N) is 1. The standard InChI is InChI=1S/C12H15NO5S/c1-13(2)11(14)6-7-19(17,18)10-5-3-4-9(8-10)12(15)16/h3-5,8H,6-7H2,1-2H3,(H,15,16). The molecule has 0 fully saturated rings. The summed E-state index contributed by atoms with van der Waals surface area (Å²) in [5.74, 6) is -1.83. The highest BCUT2D eigenvalue weighted by molar-refractivity contribution is 7.91. The van der Waals surface area contributed by atoms with Crippen LogP contribution in [-0.2, 0) is 14.6 Å². The highest BCUT2D eigenvalue weighted by atomic mass is 32.2. The van der Waals surface area contributed by atoms with Gasteiger partial charge in [-0.2, -0.15) is 0 Å². The molecule has 1 rings (SSSR count). The van der Waals surface area contributed by atoms with E-state index in [-0.39, 0.29) is 28.5 Å². The zero-order valence-corrected chi connectivity index (χ0v) is 11.5. The van der Waals surface area contributed by atoms with Crippen LogP contribution in [0.1, 0.15) is 16.8 Å². The lowest BCUT2D eigenvalue weighted by Gasteiger charge is -2.10. The summed E-state index contributed by atoms with van der Waals surface area (Å²) in [5.41, 5.74) is -0.0972. The van der Waals surface area contributed by atoms with E-state index in [0.29, 0.717) is 0 Å². The molecule has 0 aromatic heterocycles. The Kier molecular flexibility index (Phi) is 4.66. The van der Waals surface area contributed by atoms with Crippen LogP contribution < -0.4 is 0 Å². The molecular formula is C12H15NO5S. The summed E-state index contributed by atoms with van der Waals surface area (Å²) in [4.78, 5) is 23.4. The van der Waals surface area contributed by atoms with Crippen molar-refractivity contribution >= 4 is 21.7 Å². The summed E-state index contributed by atoms with van der Waals surface area (Å²) in [6.07, 6.45) is -0.132. The minimum atomic E-state index is -3.66. The second kappa shape index (κ2) is 5.83. The summed E-state index contributed by atoms with van der Waals surface area (Å²) in [6, 6.07) is 5.09. The second-order valence-corrected chi connectivity index (χ2v) is 6.30. The molecule has 0 saturated carbocycles. The van der Waals surface area contributed by atoms with E-state index in [1.165, 1.54) is 23.1 Å². The van der Waals surface area contributed by atoms with Gasteiger partial charge in [0.25, 0.3) is 0 Å². The number of hydrogen-bond donors (Lipinski definition) is 1. The van der Waals surface area contributed by atoms with Crippen molar-refractivity contribution < 1.29 is 23.1 Å². The number of amides is 1. The van der Waals surface area contributed by atoms with Gasteiger partial charge in [0.15, 0.2) is 9.84 Å². The molecular weight excluding hydrogens is 270 g/mol. The lowest BCUT2D eigenvalue weighted by Crippen LogP contribution is -2.24. The number of benzene rings is 1. The minimum Gasteiger partial charge on any atom is -0.478 e. The molecule has 1 N–H and O–H groups in total. The molecule has 0 aliphatic rings. The topological polar surface area (TPSA) is 91.8 Å². The zero-order valence-electron chi connectivity index (χ0n) is 10.7. The molecule has 0 aliphatic heterocycles. The van der Waals surface area contributed by atoms with Crippen molar-refractivity contribution in [3.8, 4) is 0 Å². The van der Waals surface area contributed by atoms with Crippen LogP contribution in [0.2, 0.25) is 0 Å². The quantitative estimate of drug-likeness (QED) is 0.857. The van der Waals surface area contributed by atoms with E-state index in [0.717, 1.165) is 6.07 Å². The van der Waals surface area contributed by atoms with Gasteiger partial charge < -0.3 is 10.0 Å². The van der Waals surface area contributed by atoms with Crippen molar-refractivity contribution in [3.63, 3.8) is 0 Å². The zero-order chi connectivity index (χ0) is 14.6. The van der Waals surface area contributed by atoms with E-state index >= 15 is 0 Å². The third-order valence-electron chi connectivity index (χ3n) is 2.52. The molecule has 0 aliphatic carbocycles. The molecule has 7 heteroatoms. The molecule has 19 heavy (non-hydrogen) atoms. The Hall–Kier alpha value is -1.89. The van der Waals surface area contributed by atoms with Gasteiger partial charge in [-0.1, -0.05) is 6.07 Å². The number of aromatic carboxylic acids is 1. The number of hydrogen-bond acceptors (Lipinski definition) is 4. The van der Waals surface area contributed by atoms with Crippen LogP contribution in [0.5, 0.6) is 0 Å². The van der Waals surface area contributed by atoms with E-state index in [4.69, 9.17) is 5.11 Å². The van der Waals surface area contributed by atoms with Crippen molar-refractivity contribution in [3.05, 3.63) is 29.8 Å². The Bertz CT molecular complexity index is 592. The van der Waals surface area contributed by atoms with Gasteiger partial charge in [0.05, 0.1) is 16.2 Å². The van der Waals surface area contributed by atoms with Gasteiger partial charge in [-0.05, 0) is 18.2 Å². The van der Waals surface area contributed by atoms with Gasteiger partial charge in [0.2, 0.25) is 5.91 Å². The maximum Gasteiger partial charge on any atom is 0.335 e. The average Bonchev–Trinajstić information content (AvgIpc) is 2.36. The molecule has 6 nitrogen and oxygen atoms in total. The molecule has 104 valence electrons. The number of sulfone groups is 1. The third kappa shape index (κ3) is 4.06. The van der Waals surface area contributed by atoms with E-state index < -0.39 is 15.8 Å². The predicted octanol–water partition coefficient (Wildman–Crippen LogP) is 0.637. The molecule has 0 radical (unpaired) electrons. The second-order valence-electron chi connectivity index (χ2n) is 4.19. The van der Waals surface area contributed by atoms with Crippen LogP contribution in [-0.4, -0.2) is 50.1 Å². The number of carboxylic acid groups (broad SMARTS) is 1. The van der Waals surface area contributed by atoms with Gasteiger partial charge in [-0.3, -0.25) is 4.79 Å². The number of carbonyl (C=O) groups is 2. The molecule has 1 amide bonds. The largest absolute Gasteiger partial charge is 0.478 e. The van der Waals surface area contributed by atoms with Crippen LogP contribution in [0.25, 0.3) is 0 Å². The first-order chi connectivity index (χ1) is 8.74. The normalized spacial score (nSPS) is 11.1. The molecule has 1 aromatic rings. The summed E-state index contributed by atoms with van der Waals surface area (Å²) in [5, 5.41) is 8.81. The van der Waals surface area contributed by atoms with Crippen molar-refractivity contribution in [2.24, 2.45) is 0 Å². The predicted molar refractivity (Wildman–Crippen MR) is 68.8 cm³/mol. The Labute approximate surface area is 111 Å². The van der Waals surface area contributed by atoms with E-state index in [2.05, 4.69) is 0 Å². The number of carboxylic acids is 1. The maximum absolute atomic E-state index is 12.0. The number of carbonyl (C=O) groups excluding carboxylic acids is 1. The Balaban J connectivity index is 2.92. The van der Waals surface area contributed by atoms with Crippen LogP contribution in [0, 0.1) is 0 Å². The van der Waals surface area contributed by atoms with Crippen molar-refractivity contribution in [2.45, 2.75) is 11.3 Å². The first-order valence-electron chi connectivity index (χ1n) is 5.50. The SMILES string of the molecule is CN(C)C(=O)CCS(=O)(=O)c1cccc(C(=O)O)c1. The third-order valence-corrected chi connectivity index (χ3v) is 4.24. The van der Waals surface area contributed by atoms with Gasteiger partial charge in [-0.25, -0.2) is 13.2 Å². The molecule has 0 spiro atoms. The first-order valence-corrected chi connectivity index (χ1v) is 7.15. The molecule has 1 aromatic carbocycles. The highest BCUT2D eigenvalue weighted by Gasteiger charge is 2.18. The van der Waals surface area contributed by atoms with Crippen LogP contribution >= 0.6 is 0 Å². The average molecular weight is 285 g/mol. The van der Waals surface area contributed by atoms with Crippen molar-refractivity contribution in [1.82, 2.24) is 4.90 Å². The Morgan fingerprint density at radius 2 is 1.89 bits per heavy atom. The smallest absolute Gasteiger partial charge is 0.335 e. The first kappa shape index (κ1) is 15.2. The van der Waals surface area contributed by atoms with Crippen molar-refractivity contribution in [2.75, 3.05) is 19.8 Å². The Morgan fingerprint density at radius 1 is 1.26 bits per heavy atom. The molecule has 0 unspecified atom stereocenters. The van der Waals surface area contributed by atoms with Crippen molar-refractivity contribution in [1.29, 1.82) is 0 Å². The van der Waals surface area contributed by atoms with Crippen LogP contribution in [0.4, 0.5) is 0 Å². The van der Waals surface area contributed by atoms with Crippen LogP contribution in [0.3, 0.4) is 0 Å². The molecule has 0 atom stereocenters. The van der Waals surface area contributed by atoms with Gasteiger partial charge in [0, 0.05) is 20.5 Å². The van der Waals surface area contributed by atoms with E-state index in [1.807, 2.05) is 0 Å². The minimum absolute atomic E-state index is 0.0843. The molecule has 0 bridgehead atoms. The van der Waals surface area contributed by atoms with Gasteiger partial charge in [0.1, 0.15) is 0 Å². The fourth-order valence-electron chi connectivity index (χ4n) is 1.39. The summed E-state index contributed by atoms with van der Waals surface area (Å²) < 4.78 is 23.9. The summed E-state index contributed by atoms with van der Waals surface area (Å²) in [7, 11) is -0.572. The summed E-state index contributed by atoms with van der Waals surface area (Å²) in [6.45, 7) is 0. The monoisotopic (exact) mass is 285 g/mol. The Morgan fingerprint density at radius 3 is 2.42 bits per heavy atom. The van der Waals surface area contributed by atoms with E-state index in [9.17, 15) is 18.0 Å².